The fourth-order valence-electron chi connectivity index (χ4n) is 3.23. The van der Waals surface area contributed by atoms with Crippen LogP contribution in [-0.4, -0.2) is 44.1 Å². The van der Waals surface area contributed by atoms with Crippen molar-refractivity contribution in [2.75, 3.05) is 13.1 Å². The molecule has 0 bridgehead atoms. The molecule has 3 aromatic rings. The number of carbonyl (C=O) groups is 1. The van der Waals surface area contributed by atoms with E-state index in [1.54, 1.807) is 29.3 Å². The molecule has 1 aromatic carbocycles. The number of aryl methyl sites for hydroxylation is 1. The third-order valence-corrected chi connectivity index (χ3v) is 4.76. The molecule has 1 aliphatic heterocycles. The Bertz CT molecular complexity index is 973. The van der Waals surface area contributed by atoms with Gasteiger partial charge in [0.05, 0.1) is 23.3 Å². The molecule has 0 unspecified atom stereocenters. The van der Waals surface area contributed by atoms with Crippen LogP contribution in [0.2, 0.25) is 0 Å². The molecule has 3 heterocycles. The Morgan fingerprint density at radius 3 is 2.96 bits per heavy atom. The lowest BCUT2D eigenvalue weighted by Crippen LogP contribution is -2.29. The molecule has 7 nitrogen and oxygen atoms in total. The molecule has 1 saturated heterocycles. The number of H-pyrrole nitrogens is 1. The molecule has 1 aliphatic rings. The second-order valence-corrected chi connectivity index (χ2v) is 6.82. The first-order valence-electron chi connectivity index (χ1n) is 9.09. The first-order chi connectivity index (χ1) is 13.6. The number of aromatic nitrogens is 4. The van der Waals surface area contributed by atoms with Crippen molar-refractivity contribution in [2.45, 2.75) is 25.9 Å². The zero-order valence-corrected chi connectivity index (χ0v) is 15.4. The van der Waals surface area contributed by atoms with E-state index in [0.717, 1.165) is 23.5 Å². The number of ether oxygens (including phenoxy) is 1. The molecule has 0 radical (unpaired) electrons. The fourth-order valence-corrected chi connectivity index (χ4v) is 3.23. The van der Waals surface area contributed by atoms with Gasteiger partial charge in [-0.3, -0.25) is 14.9 Å². The molecule has 2 aromatic heterocycles. The number of aromatic amines is 1. The maximum absolute atomic E-state index is 13.6. The van der Waals surface area contributed by atoms with E-state index in [2.05, 4.69) is 20.2 Å². The minimum atomic E-state index is -0.397. The zero-order chi connectivity index (χ0) is 19.5. The summed E-state index contributed by atoms with van der Waals surface area (Å²) in [6, 6.07) is 8.19. The quantitative estimate of drug-likeness (QED) is 0.735. The molecular formula is C20H20FN5O2. The summed E-state index contributed by atoms with van der Waals surface area (Å²) in [7, 11) is 0. The third-order valence-electron chi connectivity index (χ3n) is 4.76. The molecule has 0 saturated carbocycles. The average molecular weight is 381 g/mol. The van der Waals surface area contributed by atoms with Crippen molar-refractivity contribution in [3.05, 3.63) is 71.3 Å². The van der Waals surface area contributed by atoms with Crippen LogP contribution in [0.3, 0.4) is 0 Å². The van der Waals surface area contributed by atoms with Crippen molar-refractivity contribution in [1.82, 2.24) is 25.1 Å². The summed E-state index contributed by atoms with van der Waals surface area (Å²) in [5, 5.41) is 7.28. The summed E-state index contributed by atoms with van der Waals surface area (Å²) in [5.74, 6) is -0.170. The van der Waals surface area contributed by atoms with Gasteiger partial charge in [-0.25, -0.2) is 9.37 Å². The lowest BCUT2D eigenvalue weighted by molar-refractivity contribution is 0.0784. The topological polar surface area (TPSA) is 84.0 Å². The van der Waals surface area contributed by atoms with Gasteiger partial charge in [0.1, 0.15) is 12.3 Å². The molecule has 1 fully saturated rings. The van der Waals surface area contributed by atoms with Crippen LogP contribution in [0.25, 0.3) is 0 Å². The standard InChI is InChI=1S/C20H20FN5O2/c1-13-9-23-18(10-22-13)20(27)26-7-6-14(11-26)17-8-15(24-25-17)12-28-19-5-3-2-4-16(19)21/h2-5,8-10,14H,6-7,11-12H2,1H3,(H,24,25)/t14-/m0/s1. The van der Waals surface area contributed by atoms with Gasteiger partial charge in [0.25, 0.3) is 5.91 Å². The number of carbonyl (C=O) groups excluding carboxylic acids is 1. The van der Waals surface area contributed by atoms with Gasteiger partial charge < -0.3 is 9.64 Å². The first kappa shape index (κ1) is 18.1. The van der Waals surface area contributed by atoms with Crippen LogP contribution in [0, 0.1) is 12.7 Å². The van der Waals surface area contributed by atoms with E-state index in [-0.39, 0.29) is 24.2 Å². The number of hydrogen-bond donors (Lipinski definition) is 1. The molecule has 4 rings (SSSR count). The number of nitrogens with one attached hydrogen (secondary N) is 1. The smallest absolute Gasteiger partial charge is 0.274 e. The summed E-state index contributed by atoms with van der Waals surface area (Å²) in [4.78, 5) is 22.6. The Morgan fingerprint density at radius 1 is 1.32 bits per heavy atom. The normalized spacial score (nSPS) is 16.4. The monoisotopic (exact) mass is 381 g/mol. The van der Waals surface area contributed by atoms with Gasteiger partial charge in [-0.2, -0.15) is 5.10 Å². The van der Waals surface area contributed by atoms with Crippen LogP contribution < -0.4 is 4.74 Å². The van der Waals surface area contributed by atoms with Crippen molar-refractivity contribution >= 4 is 5.91 Å². The molecule has 28 heavy (non-hydrogen) atoms. The van der Waals surface area contributed by atoms with Crippen LogP contribution in [-0.2, 0) is 6.61 Å². The highest BCUT2D eigenvalue weighted by molar-refractivity contribution is 5.92. The van der Waals surface area contributed by atoms with E-state index < -0.39 is 5.82 Å². The summed E-state index contributed by atoms with van der Waals surface area (Å²) < 4.78 is 19.1. The van der Waals surface area contributed by atoms with E-state index in [9.17, 15) is 9.18 Å². The lowest BCUT2D eigenvalue weighted by Gasteiger charge is -2.15. The van der Waals surface area contributed by atoms with Gasteiger partial charge in [-0.1, -0.05) is 12.1 Å². The predicted molar refractivity (Wildman–Crippen MR) is 99.4 cm³/mol. The van der Waals surface area contributed by atoms with Gasteiger partial charge >= 0.3 is 0 Å². The summed E-state index contributed by atoms with van der Waals surface area (Å²) in [6.07, 6.45) is 3.93. The van der Waals surface area contributed by atoms with Crippen molar-refractivity contribution in [1.29, 1.82) is 0 Å². The molecule has 1 amide bonds. The van der Waals surface area contributed by atoms with E-state index in [4.69, 9.17) is 4.74 Å². The van der Waals surface area contributed by atoms with Crippen LogP contribution in [0.5, 0.6) is 5.75 Å². The van der Waals surface area contributed by atoms with Crippen LogP contribution in [0.15, 0.2) is 42.7 Å². The largest absolute Gasteiger partial charge is 0.484 e. The molecule has 0 aliphatic carbocycles. The fraction of sp³-hybridized carbons (Fsp3) is 0.300. The Kier molecular flexibility index (Phi) is 5.01. The molecule has 1 N–H and O–H groups in total. The highest BCUT2D eigenvalue weighted by Gasteiger charge is 2.30. The number of hydrogen-bond acceptors (Lipinski definition) is 5. The predicted octanol–water partition coefficient (Wildman–Crippen LogP) is 2.86. The maximum Gasteiger partial charge on any atom is 0.274 e. The van der Waals surface area contributed by atoms with Crippen LogP contribution >= 0.6 is 0 Å². The Balaban J connectivity index is 1.36. The molecule has 8 heteroatoms. The summed E-state index contributed by atoms with van der Waals surface area (Å²) in [6.45, 7) is 3.25. The molecule has 1 atom stereocenters. The van der Waals surface area contributed by atoms with Crippen LogP contribution in [0.1, 0.15) is 39.9 Å². The molecule has 144 valence electrons. The van der Waals surface area contributed by atoms with Crippen molar-refractivity contribution < 1.29 is 13.9 Å². The van der Waals surface area contributed by atoms with Gasteiger partial charge in [-0.05, 0) is 31.5 Å². The summed E-state index contributed by atoms with van der Waals surface area (Å²) in [5.41, 5.74) is 2.76. The van der Waals surface area contributed by atoms with E-state index in [1.165, 1.54) is 12.3 Å². The lowest BCUT2D eigenvalue weighted by atomic mass is 10.1. The second-order valence-electron chi connectivity index (χ2n) is 6.82. The minimum absolute atomic E-state index is 0.117. The van der Waals surface area contributed by atoms with Crippen molar-refractivity contribution in [3.8, 4) is 5.75 Å². The Hall–Kier alpha value is -3.29. The minimum Gasteiger partial charge on any atom is -0.484 e. The van der Waals surface area contributed by atoms with Crippen molar-refractivity contribution in [3.63, 3.8) is 0 Å². The number of rotatable bonds is 5. The number of halogens is 1. The Labute approximate surface area is 161 Å². The zero-order valence-electron chi connectivity index (χ0n) is 15.4. The second kappa shape index (κ2) is 7.75. The number of nitrogens with zero attached hydrogens (tertiary/aromatic N) is 4. The average Bonchev–Trinajstić information content (AvgIpc) is 3.37. The Morgan fingerprint density at radius 2 is 2.18 bits per heavy atom. The highest BCUT2D eigenvalue weighted by Crippen LogP contribution is 2.27. The van der Waals surface area contributed by atoms with Crippen molar-refractivity contribution in [2.24, 2.45) is 0 Å². The summed E-state index contributed by atoms with van der Waals surface area (Å²) >= 11 is 0. The third kappa shape index (κ3) is 3.85. The number of likely N-dealkylation sites (tertiary alicyclic amines) is 1. The van der Waals surface area contributed by atoms with E-state index >= 15 is 0 Å². The number of amides is 1. The SMILES string of the molecule is Cc1cnc(C(=O)N2CC[C@H](c3cc(COc4ccccc4F)[nH]n3)C2)cn1. The number of benzene rings is 1. The van der Waals surface area contributed by atoms with Gasteiger partial charge in [0, 0.05) is 25.2 Å². The highest BCUT2D eigenvalue weighted by atomic mass is 19.1. The first-order valence-corrected chi connectivity index (χ1v) is 9.09. The number of para-hydroxylation sites is 1. The van der Waals surface area contributed by atoms with Gasteiger partial charge in [-0.15, -0.1) is 0 Å². The van der Waals surface area contributed by atoms with E-state index in [1.807, 2.05) is 13.0 Å². The maximum atomic E-state index is 13.6. The molecular weight excluding hydrogens is 361 g/mol. The van der Waals surface area contributed by atoms with E-state index in [0.29, 0.717) is 18.8 Å². The molecule has 0 spiro atoms. The van der Waals surface area contributed by atoms with Gasteiger partial charge in [0.2, 0.25) is 0 Å². The van der Waals surface area contributed by atoms with Crippen LogP contribution in [0.4, 0.5) is 4.39 Å². The van der Waals surface area contributed by atoms with Gasteiger partial charge in [0.15, 0.2) is 11.6 Å².